The summed E-state index contributed by atoms with van der Waals surface area (Å²) in [5.41, 5.74) is 0. The molecule has 4 heteroatoms. The Labute approximate surface area is 68.3 Å². The molecular formula is C3H2I2O2. The van der Waals surface area contributed by atoms with Crippen LogP contribution in [0.3, 0.4) is 0 Å². The van der Waals surface area contributed by atoms with E-state index in [2.05, 4.69) is 0 Å². The van der Waals surface area contributed by atoms with Crippen LogP contribution in [0, 0.1) is 0 Å². The molecule has 0 aliphatic heterocycles. The van der Waals surface area contributed by atoms with Gasteiger partial charge in [-0.05, 0) is 26.7 Å². The second-order valence-electron chi connectivity index (χ2n) is 0.762. The highest BCUT2D eigenvalue weighted by Gasteiger charge is 1.96. The van der Waals surface area contributed by atoms with Crippen molar-refractivity contribution < 1.29 is 9.90 Å². The molecule has 0 unspecified atom stereocenters. The van der Waals surface area contributed by atoms with E-state index in [1.807, 2.05) is 22.6 Å². The summed E-state index contributed by atoms with van der Waals surface area (Å²) in [4.78, 5) is 9.85. The van der Waals surface area contributed by atoms with Crippen molar-refractivity contribution >= 4 is 51.2 Å². The molecule has 0 heterocycles. The fourth-order valence-electron chi connectivity index (χ4n) is 0.0467. The van der Waals surface area contributed by atoms with Gasteiger partial charge >= 0.3 is 5.97 Å². The van der Waals surface area contributed by atoms with Crippen LogP contribution < -0.4 is 0 Å². The van der Waals surface area contributed by atoms with Gasteiger partial charge in [0.1, 0.15) is 3.58 Å². The minimum atomic E-state index is -0.866. The van der Waals surface area contributed by atoms with Crippen molar-refractivity contribution in [1.82, 2.24) is 0 Å². The van der Waals surface area contributed by atoms with Gasteiger partial charge in [-0.2, -0.15) is 0 Å². The first-order valence-corrected chi connectivity index (χ1v) is 3.70. The molecule has 0 rings (SSSR count). The third-order valence-electron chi connectivity index (χ3n) is 0.300. The third-order valence-corrected chi connectivity index (χ3v) is 2.89. The van der Waals surface area contributed by atoms with E-state index < -0.39 is 5.97 Å². The van der Waals surface area contributed by atoms with Crippen LogP contribution in [-0.2, 0) is 4.79 Å². The number of halogens is 2. The monoisotopic (exact) mass is 324 g/mol. The summed E-state index contributed by atoms with van der Waals surface area (Å²) < 4.78 is 1.86. The minimum absolute atomic E-state index is 0.346. The molecule has 7 heavy (non-hydrogen) atoms. The second kappa shape index (κ2) is 3.65. The maximum absolute atomic E-state index is 9.85. The number of carboxylic acids is 1. The zero-order valence-corrected chi connectivity index (χ0v) is 7.50. The predicted octanol–water partition coefficient (Wildman–Crippen LogP) is 1.78. The molecule has 0 bridgehead atoms. The summed E-state index contributed by atoms with van der Waals surface area (Å²) in [6.45, 7) is 0. The molecule has 0 aromatic heterocycles. The van der Waals surface area contributed by atoms with Gasteiger partial charge < -0.3 is 5.11 Å². The lowest BCUT2D eigenvalue weighted by molar-refractivity contribution is -0.131. The standard InChI is InChI=1S/C3H2I2O2/c4-1-2(5)3(6)7/h1H,(H,6,7)/b2-1-. The number of carboxylic acid groups (broad SMARTS) is 1. The molecule has 0 aromatic rings. The lowest BCUT2D eigenvalue weighted by atomic mass is 10.7. The average Bonchev–Trinajstić information content (AvgIpc) is 1.65. The van der Waals surface area contributed by atoms with E-state index in [1.54, 1.807) is 22.6 Å². The van der Waals surface area contributed by atoms with Crippen LogP contribution in [-0.4, -0.2) is 11.1 Å². The van der Waals surface area contributed by atoms with Gasteiger partial charge in [0, 0.05) is 0 Å². The maximum atomic E-state index is 9.85. The number of aliphatic carboxylic acids is 1. The highest BCUT2D eigenvalue weighted by molar-refractivity contribution is 14.1. The van der Waals surface area contributed by atoms with Crippen molar-refractivity contribution in [2.75, 3.05) is 0 Å². The normalized spacial score (nSPS) is 11.4. The molecule has 0 aromatic carbocycles. The molecule has 1 N–H and O–H groups in total. The molecule has 0 aliphatic carbocycles. The molecule has 0 spiro atoms. The SMILES string of the molecule is O=C(O)/C(I)=C/I. The summed E-state index contributed by atoms with van der Waals surface area (Å²) in [5, 5.41) is 8.10. The highest BCUT2D eigenvalue weighted by Crippen LogP contribution is 2.07. The van der Waals surface area contributed by atoms with Crippen LogP contribution in [0.1, 0.15) is 0 Å². The average molecular weight is 324 g/mol. The van der Waals surface area contributed by atoms with Gasteiger partial charge in [0.15, 0.2) is 0 Å². The quantitative estimate of drug-likeness (QED) is 0.590. The lowest BCUT2D eigenvalue weighted by Crippen LogP contribution is -1.90. The van der Waals surface area contributed by atoms with Crippen LogP contribution in [0.2, 0.25) is 0 Å². The predicted molar refractivity (Wildman–Crippen MR) is 43.8 cm³/mol. The fraction of sp³-hybridized carbons (Fsp3) is 0. The van der Waals surface area contributed by atoms with E-state index in [0.29, 0.717) is 3.58 Å². The fourth-order valence-corrected chi connectivity index (χ4v) is 0.313. The van der Waals surface area contributed by atoms with Crippen molar-refractivity contribution in [2.24, 2.45) is 0 Å². The summed E-state index contributed by atoms with van der Waals surface area (Å²) in [7, 11) is 0. The molecule has 0 amide bonds. The maximum Gasteiger partial charge on any atom is 0.342 e. The topological polar surface area (TPSA) is 37.3 Å². The summed E-state index contributed by atoms with van der Waals surface area (Å²) in [6.07, 6.45) is 0. The van der Waals surface area contributed by atoms with Gasteiger partial charge in [-0.25, -0.2) is 4.79 Å². The molecule has 0 atom stereocenters. The smallest absolute Gasteiger partial charge is 0.342 e. The van der Waals surface area contributed by atoms with E-state index in [9.17, 15) is 4.79 Å². The Hall–Kier alpha value is 0.670. The molecule has 2 nitrogen and oxygen atoms in total. The van der Waals surface area contributed by atoms with E-state index in [1.165, 1.54) is 4.08 Å². The Balaban J connectivity index is 3.82. The minimum Gasteiger partial charge on any atom is -0.477 e. The molecule has 0 aliphatic rings. The largest absolute Gasteiger partial charge is 0.477 e. The Morgan fingerprint density at radius 1 is 1.71 bits per heavy atom. The number of hydrogen-bond acceptors (Lipinski definition) is 1. The summed E-state index contributed by atoms with van der Waals surface area (Å²) in [6, 6.07) is 0. The zero-order chi connectivity index (χ0) is 5.86. The van der Waals surface area contributed by atoms with Crippen molar-refractivity contribution in [3.63, 3.8) is 0 Å². The van der Waals surface area contributed by atoms with Gasteiger partial charge in [0.05, 0.1) is 0 Å². The van der Waals surface area contributed by atoms with Crippen molar-refractivity contribution in [3.8, 4) is 0 Å². The Kier molecular flexibility index (Phi) is 3.99. The van der Waals surface area contributed by atoms with Crippen LogP contribution in [0.15, 0.2) is 7.66 Å². The molecule has 40 valence electrons. The summed E-state index contributed by atoms with van der Waals surface area (Å²) in [5.74, 6) is -0.866. The van der Waals surface area contributed by atoms with Crippen LogP contribution >= 0.6 is 45.2 Å². The number of hydrogen-bond donors (Lipinski definition) is 1. The van der Waals surface area contributed by atoms with Crippen molar-refractivity contribution in [2.45, 2.75) is 0 Å². The van der Waals surface area contributed by atoms with Crippen molar-refractivity contribution in [3.05, 3.63) is 7.66 Å². The highest BCUT2D eigenvalue weighted by atomic mass is 127. The lowest BCUT2D eigenvalue weighted by Gasteiger charge is -1.80. The van der Waals surface area contributed by atoms with Crippen LogP contribution in [0.4, 0.5) is 0 Å². The zero-order valence-electron chi connectivity index (χ0n) is 3.19. The van der Waals surface area contributed by atoms with Crippen LogP contribution in [0.5, 0.6) is 0 Å². The first-order valence-electron chi connectivity index (χ1n) is 1.37. The van der Waals surface area contributed by atoms with E-state index in [-0.39, 0.29) is 0 Å². The second-order valence-corrected chi connectivity index (χ2v) is 2.55. The first-order chi connectivity index (χ1) is 3.18. The Morgan fingerprint density at radius 2 is 2.14 bits per heavy atom. The van der Waals surface area contributed by atoms with Crippen molar-refractivity contribution in [1.29, 1.82) is 0 Å². The molecule has 0 saturated heterocycles. The number of rotatable bonds is 1. The van der Waals surface area contributed by atoms with Gasteiger partial charge in [-0.15, -0.1) is 0 Å². The Bertz CT molecular complexity index is 108. The third kappa shape index (κ3) is 3.27. The molecule has 0 fully saturated rings. The van der Waals surface area contributed by atoms with Gasteiger partial charge in [-0.1, -0.05) is 22.6 Å². The Morgan fingerprint density at radius 3 is 2.14 bits per heavy atom. The van der Waals surface area contributed by atoms with Gasteiger partial charge in [0.2, 0.25) is 0 Å². The van der Waals surface area contributed by atoms with E-state index in [0.717, 1.165) is 0 Å². The number of carbonyl (C=O) groups is 1. The first kappa shape index (κ1) is 7.67. The van der Waals surface area contributed by atoms with E-state index >= 15 is 0 Å². The van der Waals surface area contributed by atoms with Gasteiger partial charge in [0.25, 0.3) is 0 Å². The van der Waals surface area contributed by atoms with Gasteiger partial charge in [-0.3, -0.25) is 0 Å². The molecule has 0 radical (unpaired) electrons. The van der Waals surface area contributed by atoms with Crippen LogP contribution in [0.25, 0.3) is 0 Å². The van der Waals surface area contributed by atoms with E-state index in [4.69, 9.17) is 5.11 Å². The molecular weight excluding hydrogens is 322 g/mol. The molecule has 0 saturated carbocycles. The summed E-state index contributed by atoms with van der Waals surface area (Å²) >= 11 is 3.63.